The minimum atomic E-state index is -0.294. The molecule has 0 aliphatic carbocycles. The van der Waals surface area contributed by atoms with E-state index in [0.29, 0.717) is 19.5 Å². The molecule has 0 unspecified atom stereocenters. The minimum Gasteiger partial charge on any atom is -0.349 e. The molecule has 6 heteroatoms. The lowest BCUT2D eigenvalue weighted by Crippen LogP contribution is -2.45. The molecule has 1 aromatic rings. The highest BCUT2D eigenvalue weighted by molar-refractivity contribution is 7.07. The molecule has 1 aliphatic rings. The highest BCUT2D eigenvalue weighted by Gasteiger charge is 2.33. The van der Waals surface area contributed by atoms with E-state index in [4.69, 9.17) is 0 Å². The van der Waals surface area contributed by atoms with Crippen LogP contribution in [0.25, 0.3) is 0 Å². The third-order valence-electron chi connectivity index (χ3n) is 3.27. The molecule has 1 atom stereocenters. The molecule has 2 amide bonds. The zero-order valence-electron chi connectivity index (χ0n) is 11.1. The smallest absolute Gasteiger partial charge is 0.243 e. The van der Waals surface area contributed by atoms with Gasteiger partial charge in [0.25, 0.3) is 0 Å². The quantitative estimate of drug-likeness (QED) is 0.890. The second-order valence-corrected chi connectivity index (χ2v) is 5.41. The fourth-order valence-electron chi connectivity index (χ4n) is 2.32. The number of carbonyl (C=O) groups excluding carboxylic acids is 2. The van der Waals surface area contributed by atoms with Gasteiger partial charge in [-0.25, -0.2) is 4.98 Å². The van der Waals surface area contributed by atoms with E-state index in [9.17, 15) is 9.59 Å². The van der Waals surface area contributed by atoms with Crippen molar-refractivity contribution in [1.82, 2.24) is 15.2 Å². The van der Waals surface area contributed by atoms with Gasteiger partial charge in [0.15, 0.2) is 0 Å². The summed E-state index contributed by atoms with van der Waals surface area (Å²) in [6.45, 7) is 3.12. The summed E-state index contributed by atoms with van der Waals surface area (Å²) >= 11 is 1.51. The number of aromatic nitrogens is 1. The summed E-state index contributed by atoms with van der Waals surface area (Å²) in [7, 11) is 0. The average Bonchev–Trinajstić information content (AvgIpc) is 3.07. The maximum atomic E-state index is 12.1. The Morgan fingerprint density at radius 2 is 2.42 bits per heavy atom. The van der Waals surface area contributed by atoms with Crippen molar-refractivity contribution in [2.45, 2.75) is 45.2 Å². The van der Waals surface area contributed by atoms with E-state index in [1.165, 1.54) is 11.3 Å². The molecule has 0 saturated carbocycles. The lowest BCUT2D eigenvalue weighted by atomic mass is 10.2. The molecule has 0 bridgehead atoms. The summed E-state index contributed by atoms with van der Waals surface area (Å²) in [5, 5.41) is 4.78. The summed E-state index contributed by atoms with van der Waals surface area (Å²) in [4.78, 5) is 29.9. The lowest BCUT2D eigenvalue weighted by Gasteiger charge is -2.23. The number of hydrogen-bond donors (Lipinski definition) is 1. The predicted octanol–water partition coefficient (Wildman–Crippen LogP) is 1.55. The molecule has 1 aliphatic heterocycles. The van der Waals surface area contributed by atoms with E-state index in [-0.39, 0.29) is 17.9 Å². The Hall–Kier alpha value is -1.43. The van der Waals surface area contributed by atoms with Gasteiger partial charge in [0.1, 0.15) is 6.04 Å². The second-order valence-electron chi connectivity index (χ2n) is 4.69. The van der Waals surface area contributed by atoms with E-state index in [0.717, 1.165) is 25.0 Å². The first-order valence-electron chi connectivity index (χ1n) is 6.66. The largest absolute Gasteiger partial charge is 0.349 e. The third kappa shape index (κ3) is 3.53. The molecule has 1 aromatic heterocycles. The molecule has 5 nitrogen and oxygen atoms in total. The van der Waals surface area contributed by atoms with Gasteiger partial charge in [-0.15, -0.1) is 11.3 Å². The third-order valence-corrected chi connectivity index (χ3v) is 3.90. The van der Waals surface area contributed by atoms with Crippen molar-refractivity contribution in [3.05, 3.63) is 16.6 Å². The molecule has 1 fully saturated rings. The Bertz CT molecular complexity index is 433. The molecule has 0 radical (unpaired) electrons. The molecule has 1 saturated heterocycles. The number of carbonyl (C=O) groups is 2. The van der Waals surface area contributed by atoms with Crippen LogP contribution in [0.3, 0.4) is 0 Å². The summed E-state index contributed by atoms with van der Waals surface area (Å²) in [6, 6.07) is -0.294. The average molecular weight is 281 g/mol. The van der Waals surface area contributed by atoms with Gasteiger partial charge in [0.2, 0.25) is 11.8 Å². The first-order valence-corrected chi connectivity index (χ1v) is 7.61. The van der Waals surface area contributed by atoms with Crippen LogP contribution in [0.15, 0.2) is 10.9 Å². The number of rotatable bonds is 5. The molecule has 0 spiro atoms. The highest BCUT2D eigenvalue weighted by atomic mass is 32.1. The Morgan fingerprint density at radius 1 is 1.58 bits per heavy atom. The summed E-state index contributed by atoms with van der Waals surface area (Å²) in [5.74, 6) is 0.0313. The van der Waals surface area contributed by atoms with Gasteiger partial charge in [-0.2, -0.15) is 0 Å². The maximum absolute atomic E-state index is 12.1. The summed E-state index contributed by atoms with van der Waals surface area (Å²) < 4.78 is 0. The number of thiazole rings is 1. The van der Waals surface area contributed by atoms with Gasteiger partial charge >= 0.3 is 0 Å². The minimum absolute atomic E-state index is 0.0602. The van der Waals surface area contributed by atoms with Crippen LogP contribution in [0.1, 0.15) is 38.3 Å². The molecule has 104 valence electrons. The van der Waals surface area contributed by atoms with Crippen molar-refractivity contribution in [2.75, 3.05) is 6.54 Å². The molecular weight excluding hydrogens is 262 g/mol. The monoisotopic (exact) mass is 281 g/mol. The number of nitrogens with zero attached hydrogens (tertiary/aromatic N) is 2. The first kappa shape index (κ1) is 14.0. The predicted molar refractivity (Wildman–Crippen MR) is 73.6 cm³/mol. The zero-order valence-corrected chi connectivity index (χ0v) is 11.9. The summed E-state index contributed by atoms with van der Waals surface area (Å²) in [5.41, 5.74) is 2.61. The molecule has 2 rings (SSSR count). The summed E-state index contributed by atoms with van der Waals surface area (Å²) in [6.07, 6.45) is 3.01. The topological polar surface area (TPSA) is 62.3 Å². The van der Waals surface area contributed by atoms with Crippen molar-refractivity contribution in [3.63, 3.8) is 0 Å². The van der Waals surface area contributed by atoms with Crippen molar-refractivity contribution in [3.8, 4) is 0 Å². The van der Waals surface area contributed by atoms with Gasteiger partial charge in [0.05, 0.1) is 17.7 Å². The van der Waals surface area contributed by atoms with Gasteiger partial charge in [0, 0.05) is 18.3 Å². The van der Waals surface area contributed by atoms with E-state index < -0.39 is 0 Å². The van der Waals surface area contributed by atoms with Crippen molar-refractivity contribution in [2.24, 2.45) is 0 Å². The van der Waals surface area contributed by atoms with E-state index >= 15 is 0 Å². The van der Waals surface area contributed by atoms with Crippen LogP contribution in [0.2, 0.25) is 0 Å². The van der Waals surface area contributed by atoms with E-state index in [2.05, 4.69) is 10.3 Å². The Kier molecular flexibility index (Phi) is 4.90. The first-order chi connectivity index (χ1) is 9.22. The lowest BCUT2D eigenvalue weighted by molar-refractivity contribution is -0.138. The zero-order chi connectivity index (χ0) is 13.7. The second kappa shape index (κ2) is 6.65. The Labute approximate surface area is 117 Å². The van der Waals surface area contributed by atoms with Crippen molar-refractivity contribution in [1.29, 1.82) is 0 Å². The van der Waals surface area contributed by atoms with Crippen LogP contribution in [0.5, 0.6) is 0 Å². The van der Waals surface area contributed by atoms with Crippen LogP contribution in [0, 0.1) is 0 Å². The maximum Gasteiger partial charge on any atom is 0.243 e. The van der Waals surface area contributed by atoms with Gasteiger partial charge in [-0.05, 0) is 19.3 Å². The van der Waals surface area contributed by atoms with E-state index in [1.807, 2.05) is 12.3 Å². The normalized spacial score (nSPS) is 18.6. The Morgan fingerprint density at radius 3 is 3.11 bits per heavy atom. The van der Waals surface area contributed by atoms with Crippen LogP contribution in [-0.2, 0) is 16.1 Å². The van der Waals surface area contributed by atoms with Gasteiger partial charge in [-0.3, -0.25) is 9.59 Å². The number of hydrogen-bond acceptors (Lipinski definition) is 4. The molecule has 0 aromatic carbocycles. The van der Waals surface area contributed by atoms with Crippen LogP contribution >= 0.6 is 11.3 Å². The SMILES string of the molecule is CCCC(=O)N1CCC[C@@H]1C(=O)NCc1cscn1. The van der Waals surface area contributed by atoms with Gasteiger partial charge < -0.3 is 10.2 Å². The standard InChI is InChI=1S/C13H19N3O2S/c1-2-4-12(17)16-6-3-5-11(16)13(18)14-7-10-8-19-9-15-10/h8-9,11H,2-7H2,1H3,(H,14,18)/t11-/m1/s1. The van der Waals surface area contributed by atoms with Crippen molar-refractivity contribution >= 4 is 23.2 Å². The molecule has 2 heterocycles. The number of likely N-dealkylation sites (tertiary alicyclic amines) is 1. The van der Waals surface area contributed by atoms with Crippen LogP contribution in [-0.4, -0.2) is 34.3 Å². The van der Waals surface area contributed by atoms with Crippen LogP contribution in [0.4, 0.5) is 0 Å². The van der Waals surface area contributed by atoms with Crippen LogP contribution < -0.4 is 5.32 Å². The fourth-order valence-corrected chi connectivity index (χ4v) is 2.87. The van der Waals surface area contributed by atoms with E-state index in [1.54, 1.807) is 10.4 Å². The van der Waals surface area contributed by atoms with Crippen molar-refractivity contribution < 1.29 is 9.59 Å². The van der Waals surface area contributed by atoms with Gasteiger partial charge in [-0.1, -0.05) is 6.92 Å². The fraction of sp³-hybridized carbons (Fsp3) is 0.615. The number of amides is 2. The molecule has 1 N–H and O–H groups in total. The molecule has 19 heavy (non-hydrogen) atoms. The molecular formula is C13H19N3O2S. The highest BCUT2D eigenvalue weighted by Crippen LogP contribution is 2.19. The Balaban J connectivity index is 1.88. The number of nitrogens with one attached hydrogen (secondary N) is 1.